The van der Waals surface area contributed by atoms with E-state index in [1.165, 1.54) is 5.56 Å². The number of hydrogen-bond donors (Lipinski definition) is 1. The number of nitrogens with zero attached hydrogens (tertiary/aromatic N) is 2. The first kappa shape index (κ1) is 13.5. The van der Waals surface area contributed by atoms with Crippen LogP contribution in [0.3, 0.4) is 0 Å². The molecule has 1 heterocycles. The minimum absolute atomic E-state index is 0. The highest BCUT2D eigenvalue weighted by molar-refractivity contribution is 5.85. The Labute approximate surface area is 107 Å². The number of rotatable bonds is 5. The van der Waals surface area contributed by atoms with Crippen molar-refractivity contribution < 1.29 is 4.74 Å². The van der Waals surface area contributed by atoms with E-state index in [0.29, 0.717) is 13.2 Å². The molecule has 92 valence electrons. The van der Waals surface area contributed by atoms with Crippen molar-refractivity contribution in [2.75, 3.05) is 13.2 Å². The van der Waals surface area contributed by atoms with Gasteiger partial charge in [0.05, 0.1) is 18.9 Å². The van der Waals surface area contributed by atoms with Crippen LogP contribution in [0.25, 0.3) is 0 Å². The Kier molecular flexibility index (Phi) is 5.52. The molecule has 1 aromatic heterocycles. The summed E-state index contributed by atoms with van der Waals surface area (Å²) in [4.78, 5) is 0. The van der Waals surface area contributed by atoms with E-state index < -0.39 is 0 Å². The van der Waals surface area contributed by atoms with Gasteiger partial charge in [0, 0.05) is 6.54 Å². The van der Waals surface area contributed by atoms with Gasteiger partial charge in [-0.05, 0) is 5.56 Å². The molecule has 0 saturated carbocycles. The van der Waals surface area contributed by atoms with Gasteiger partial charge in [-0.15, -0.1) is 12.4 Å². The fourth-order valence-corrected chi connectivity index (χ4v) is 1.45. The zero-order chi connectivity index (χ0) is 11.2. The van der Waals surface area contributed by atoms with E-state index in [2.05, 4.69) is 17.2 Å². The van der Waals surface area contributed by atoms with E-state index in [1.54, 1.807) is 6.20 Å². The van der Waals surface area contributed by atoms with Crippen LogP contribution >= 0.6 is 12.4 Å². The van der Waals surface area contributed by atoms with Gasteiger partial charge in [-0.25, -0.2) is 0 Å². The van der Waals surface area contributed by atoms with Crippen LogP contribution in [0.1, 0.15) is 5.56 Å². The van der Waals surface area contributed by atoms with E-state index in [-0.39, 0.29) is 12.4 Å². The van der Waals surface area contributed by atoms with Crippen molar-refractivity contribution in [3.8, 4) is 5.75 Å². The van der Waals surface area contributed by atoms with Gasteiger partial charge in [0.2, 0.25) is 0 Å². The van der Waals surface area contributed by atoms with Gasteiger partial charge in [-0.1, -0.05) is 30.3 Å². The molecule has 0 bridgehead atoms. The quantitative estimate of drug-likeness (QED) is 0.882. The summed E-state index contributed by atoms with van der Waals surface area (Å²) in [6, 6.07) is 10.2. The molecule has 5 heteroatoms. The molecule has 0 aliphatic heterocycles. The number of benzene rings is 1. The Hall–Kier alpha value is -1.52. The summed E-state index contributed by atoms with van der Waals surface area (Å²) in [6.07, 6.45) is 3.58. The zero-order valence-corrected chi connectivity index (χ0v) is 10.3. The van der Waals surface area contributed by atoms with Crippen molar-refractivity contribution in [2.45, 2.75) is 6.54 Å². The molecule has 0 saturated heterocycles. The van der Waals surface area contributed by atoms with Crippen LogP contribution in [0.5, 0.6) is 5.75 Å². The molecule has 0 unspecified atom stereocenters. The van der Waals surface area contributed by atoms with Crippen molar-refractivity contribution in [3.63, 3.8) is 0 Å². The van der Waals surface area contributed by atoms with Gasteiger partial charge in [-0.3, -0.25) is 4.68 Å². The summed E-state index contributed by atoms with van der Waals surface area (Å²) in [5, 5.41) is 4.22. The predicted molar refractivity (Wildman–Crippen MR) is 69.6 cm³/mol. The largest absolute Gasteiger partial charge is 0.489 e. The molecule has 4 nitrogen and oxygen atoms in total. The minimum atomic E-state index is 0. The SMILES string of the molecule is Cl.NCCOc1cnn(Cc2ccccc2)c1. The Morgan fingerprint density at radius 1 is 1.24 bits per heavy atom. The highest BCUT2D eigenvalue weighted by Gasteiger charge is 1.99. The number of hydrogen-bond acceptors (Lipinski definition) is 3. The lowest BCUT2D eigenvalue weighted by molar-refractivity contribution is 0.328. The maximum atomic E-state index is 5.37. The van der Waals surface area contributed by atoms with E-state index >= 15 is 0 Å². The van der Waals surface area contributed by atoms with Gasteiger partial charge in [0.1, 0.15) is 6.61 Å². The van der Waals surface area contributed by atoms with Crippen LogP contribution in [0.2, 0.25) is 0 Å². The maximum absolute atomic E-state index is 5.37. The summed E-state index contributed by atoms with van der Waals surface area (Å²) >= 11 is 0. The van der Waals surface area contributed by atoms with Crippen LogP contribution in [-0.4, -0.2) is 22.9 Å². The topological polar surface area (TPSA) is 53.1 Å². The summed E-state index contributed by atoms with van der Waals surface area (Å²) in [6.45, 7) is 1.80. The number of halogens is 1. The second kappa shape index (κ2) is 6.93. The Morgan fingerprint density at radius 3 is 2.71 bits per heavy atom. The molecule has 0 amide bonds. The third-order valence-corrected chi connectivity index (χ3v) is 2.18. The monoisotopic (exact) mass is 253 g/mol. The smallest absolute Gasteiger partial charge is 0.157 e. The normalized spacial score (nSPS) is 9.71. The average Bonchev–Trinajstić information content (AvgIpc) is 2.75. The number of nitrogens with two attached hydrogens (primary N) is 1. The second-order valence-corrected chi connectivity index (χ2v) is 3.50. The summed E-state index contributed by atoms with van der Waals surface area (Å²) in [7, 11) is 0. The number of ether oxygens (including phenoxy) is 1. The fourth-order valence-electron chi connectivity index (χ4n) is 1.45. The fraction of sp³-hybridized carbons (Fsp3) is 0.250. The van der Waals surface area contributed by atoms with Crippen LogP contribution in [0.4, 0.5) is 0 Å². The highest BCUT2D eigenvalue weighted by Crippen LogP contribution is 2.09. The molecular formula is C12H16ClN3O. The maximum Gasteiger partial charge on any atom is 0.157 e. The molecule has 0 aliphatic carbocycles. The lowest BCUT2D eigenvalue weighted by Crippen LogP contribution is -2.10. The van der Waals surface area contributed by atoms with Crippen molar-refractivity contribution in [2.24, 2.45) is 5.73 Å². The number of aromatic nitrogens is 2. The molecule has 0 aliphatic rings. The first-order valence-electron chi connectivity index (χ1n) is 5.28. The Balaban J connectivity index is 0.00000144. The minimum Gasteiger partial charge on any atom is -0.489 e. The third-order valence-electron chi connectivity index (χ3n) is 2.18. The predicted octanol–water partition coefficient (Wildman–Crippen LogP) is 1.69. The van der Waals surface area contributed by atoms with Gasteiger partial charge >= 0.3 is 0 Å². The van der Waals surface area contributed by atoms with Crippen molar-refractivity contribution in [1.82, 2.24) is 9.78 Å². The van der Waals surface area contributed by atoms with Crippen LogP contribution in [0, 0.1) is 0 Å². The van der Waals surface area contributed by atoms with Crippen LogP contribution in [0.15, 0.2) is 42.7 Å². The van der Waals surface area contributed by atoms with E-state index in [0.717, 1.165) is 12.3 Å². The molecule has 0 radical (unpaired) electrons. The lowest BCUT2D eigenvalue weighted by atomic mass is 10.2. The van der Waals surface area contributed by atoms with Gasteiger partial charge in [0.25, 0.3) is 0 Å². The molecule has 0 spiro atoms. The van der Waals surface area contributed by atoms with Crippen LogP contribution in [-0.2, 0) is 6.54 Å². The van der Waals surface area contributed by atoms with Crippen molar-refractivity contribution in [3.05, 3.63) is 48.3 Å². The Bertz CT molecular complexity index is 430. The molecule has 1 aromatic carbocycles. The molecule has 2 aromatic rings. The highest BCUT2D eigenvalue weighted by atomic mass is 35.5. The standard InChI is InChI=1S/C12H15N3O.ClH/c13-6-7-16-12-8-14-15(10-12)9-11-4-2-1-3-5-11;/h1-5,8,10H,6-7,9,13H2;1H. The van der Waals surface area contributed by atoms with Crippen molar-refractivity contribution in [1.29, 1.82) is 0 Å². The average molecular weight is 254 g/mol. The molecule has 17 heavy (non-hydrogen) atoms. The first-order valence-corrected chi connectivity index (χ1v) is 5.28. The Morgan fingerprint density at radius 2 is 2.00 bits per heavy atom. The van der Waals surface area contributed by atoms with Crippen molar-refractivity contribution >= 4 is 12.4 Å². The zero-order valence-electron chi connectivity index (χ0n) is 9.45. The van der Waals surface area contributed by atoms with Gasteiger partial charge in [0.15, 0.2) is 5.75 Å². The van der Waals surface area contributed by atoms with E-state index in [4.69, 9.17) is 10.5 Å². The first-order chi connectivity index (χ1) is 7.88. The van der Waals surface area contributed by atoms with E-state index in [1.807, 2.05) is 29.1 Å². The van der Waals surface area contributed by atoms with Crippen LogP contribution < -0.4 is 10.5 Å². The van der Waals surface area contributed by atoms with E-state index in [9.17, 15) is 0 Å². The summed E-state index contributed by atoms with van der Waals surface area (Å²) < 4.78 is 7.21. The second-order valence-electron chi connectivity index (χ2n) is 3.50. The molecule has 0 atom stereocenters. The molecular weight excluding hydrogens is 238 g/mol. The molecule has 2 rings (SSSR count). The lowest BCUT2D eigenvalue weighted by Gasteiger charge is -2.01. The third kappa shape index (κ3) is 4.09. The summed E-state index contributed by atoms with van der Waals surface area (Å²) in [5.41, 5.74) is 6.57. The molecule has 2 N–H and O–H groups in total. The van der Waals surface area contributed by atoms with Gasteiger partial charge < -0.3 is 10.5 Å². The van der Waals surface area contributed by atoms with Gasteiger partial charge in [-0.2, -0.15) is 5.10 Å². The molecule has 0 fully saturated rings. The summed E-state index contributed by atoms with van der Waals surface area (Å²) in [5.74, 6) is 0.765.